The summed E-state index contributed by atoms with van der Waals surface area (Å²) >= 11 is 6.58. The number of benzene rings is 1. The van der Waals surface area contributed by atoms with E-state index in [0.29, 0.717) is 10.9 Å². The van der Waals surface area contributed by atoms with Crippen LogP contribution in [0, 0.1) is 29.5 Å². The van der Waals surface area contributed by atoms with Gasteiger partial charge in [-0.15, -0.1) is 0 Å². The minimum atomic E-state index is -0.169. The van der Waals surface area contributed by atoms with Gasteiger partial charge in [0.25, 0.3) is 0 Å². The third-order valence-electron chi connectivity index (χ3n) is 8.50. The molecule has 29 heavy (non-hydrogen) atoms. The van der Waals surface area contributed by atoms with E-state index >= 15 is 4.39 Å². The first kappa shape index (κ1) is 21.4. The summed E-state index contributed by atoms with van der Waals surface area (Å²) in [7, 11) is 0. The van der Waals surface area contributed by atoms with E-state index in [1.54, 1.807) is 0 Å². The van der Waals surface area contributed by atoms with Gasteiger partial charge in [0, 0.05) is 5.56 Å². The van der Waals surface area contributed by atoms with Crippen LogP contribution in [0.5, 0.6) is 0 Å². The number of allylic oxidation sites excluding steroid dienone is 2. The van der Waals surface area contributed by atoms with E-state index in [1.165, 1.54) is 56.9 Å². The van der Waals surface area contributed by atoms with Gasteiger partial charge in [-0.25, -0.2) is 4.39 Å². The molecule has 1 unspecified atom stereocenters. The van der Waals surface area contributed by atoms with Crippen LogP contribution in [0.2, 0.25) is 5.02 Å². The van der Waals surface area contributed by atoms with Crippen molar-refractivity contribution in [3.05, 3.63) is 40.2 Å². The summed E-state index contributed by atoms with van der Waals surface area (Å²) in [6, 6.07) is 4.16. The molecule has 0 aromatic heterocycles. The smallest absolute Gasteiger partial charge is 0.149 e. The quantitative estimate of drug-likeness (QED) is 0.458. The van der Waals surface area contributed by atoms with Crippen molar-refractivity contribution in [2.75, 3.05) is 0 Å². The highest BCUT2D eigenvalue weighted by Crippen LogP contribution is 2.44. The van der Waals surface area contributed by atoms with Gasteiger partial charge in [-0.3, -0.25) is 0 Å². The molecule has 1 atom stereocenters. The molecule has 1 aromatic rings. The molecule has 2 saturated carbocycles. The predicted molar refractivity (Wildman–Crippen MR) is 123 cm³/mol. The zero-order chi connectivity index (χ0) is 20.4. The van der Waals surface area contributed by atoms with Crippen LogP contribution in [0.4, 0.5) is 4.39 Å². The van der Waals surface area contributed by atoms with Crippen LogP contribution < -0.4 is 0 Å². The lowest BCUT2D eigenvalue weighted by atomic mass is 9.71. The fourth-order valence-corrected chi connectivity index (χ4v) is 6.61. The molecule has 0 nitrogen and oxygen atoms in total. The SMILES string of the molecule is CCC1CCC(c2ccc(C3=CCC(C4CCC(C)CC4)CC3)c(F)c2Cl)CC1. The van der Waals surface area contributed by atoms with Gasteiger partial charge in [0.05, 0.1) is 5.02 Å². The Kier molecular flexibility index (Phi) is 7.05. The van der Waals surface area contributed by atoms with E-state index in [-0.39, 0.29) is 5.82 Å². The molecule has 0 amide bonds. The second-order valence-corrected chi connectivity index (χ2v) is 10.6. The molecular weight excluding hydrogens is 379 g/mol. The van der Waals surface area contributed by atoms with Gasteiger partial charge >= 0.3 is 0 Å². The number of halogens is 2. The first-order valence-electron chi connectivity index (χ1n) is 12.2. The molecule has 0 saturated heterocycles. The van der Waals surface area contributed by atoms with E-state index in [1.807, 2.05) is 6.07 Å². The van der Waals surface area contributed by atoms with E-state index in [9.17, 15) is 0 Å². The molecule has 0 radical (unpaired) electrons. The first-order valence-corrected chi connectivity index (χ1v) is 12.6. The Morgan fingerprint density at radius 3 is 2.28 bits per heavy atom. The lowest BCUT2D eigenvalue weighted by Crippen LogP contribution is -2.22. The van der Waals surface area contributed by atoms with Crippen LogP contribution in [0.3, 0.4) is 0 Å². The Bertz CT molecular complexity index is 720. The van der Waals surface area contributed by atoms with Crippen LogP contribution in [-0.2, 0) is 0 Å². The monoisotopic (exact) mass is 416 g/mol. The minimum Gasteiger partial charge on any atom is -0.205 e. The first-order chi connectivity index (χ1) is 14.1. The van der Waals surface area contributed by atoms with Gasteiger partial charge < -0.3 is 0 Å². The molecule has 1 aromatic carbocycles. The zero-order valence-electron chi connectivity index (χ0n) is 18.4. The predicted octanol–water partition coefficient (Wildman–Crippen LogP) is 9.17. The Morgan fingerprint density at radius 2 is 1.66 bits per heavy atom. The van der Waals surface area contributed by atoms with E-state index in [2.05, 4.69) is 26.0 Å². The van der Waals surface area contributed by atoms with Gasteiger partial charge in [-0.05, 0) is 98.5 Å². The minimum absolute atomic E-state index is 0.169. The zero-order valence-corrected chi connectivity index (χ0v) is 19.1. The Balaban J connectivity index is 1.43. The molecule has 3 aliphatic rings. The van der Waals surface area contributed by atoms with E-state index < -0.39 is 0 Å². The number of rotatable bonds is 4. The summed E-state index contributed by atoms with van der Waals surface area (Å²) < 4.78 is 15.3. The molecule has 0 N–H and O–H groups in total. The van der Waals surface area contributed by atoms with Crippen LogP contribution >= 0.6 is 11.6 Å². The van der Waals surface area contributed by atoms with Crippen molar-refractivity contribution in [2.45, 2.75) is 96.8 Å². The van der Waals surface area contributed by atoms with Crippen molar-refractivity contribution in [3.63, 3.8) is 0 Å². The number of hydrogen-bond acceptors (Lipinski definition) is 0. The topological polar surface area (TPSA) is 0 Å². The Labute approximate surface area is 182 Å². The van der Waals surface area contributed by atoms with E-state index in [0.717, 1.165) is 60.5 Å². The standard InChI is InChI=1S/C27H38ClF/c1-3-19-6-10-22(11-7-19)24-16-17-25(27(29)26(24)28)23-14-12-21(13-15-23)20-8-4-18(2)5-9-20/h14,16-22H,3-13,15H2,1-2H3. The third-order valence-corrected chi connectivity index (χ3v) is 8.88. The van der Waals surface area contributed by atoms with Crippen molar-refractivity contribution in [2.24, 2.45) is 23.7 Å². The van der Waals surface area contributed by atoms with Crippen molar-refractivity contribution in [1.29, 1.82) is 0 Å². The highest BCUT2D eigenvalue weighted by molar-refractivity contribution is 6.31. The Morgan fingerprint density at radius 1 is 0.931 bits per heavy atom. The van der Waals surface area contributed by atoms with Crippen LogP contribution in [0.1, 0.15) is 108 Å². The van der Waals surface area contributed by atoms with Gasteiger partial charge in [-0.1, -0.05) is 62.9 Å². The lowest BCUT2D eigenvalue weighted by Gasteiger charge is -2.34. The number of hydrogen-bond donors (Lipinski definition) is 0. The molecule has 0 bridgehead atoms. The maximum atomic E-state index is 15.3. The fraction of sp³-hybridized carbons (Fsp3) is 0.704. The molecule has 4 rings (SSSR count). The summed E-state index contributed by atoms with van der Waals surface area (Å²) in [5.41, 5.74) is 3.00. The van der Waals surface area contributed by atoms with Gasteiger partial charge in [0.2, 0.25) is 0 Å². The van der Waals surface area contributed by atoms with Crippen molar-refractivity contribution >= 4 is 17.2 Å². The second kappa shape index (κ2) is 9.54. The Hall–Kier alpha value is -0.820. The normalized spacial score (nSPS) is 33.4. The average Bonchev–Trinajstić information content (AvgIpc) is 2.76. The van der Waals surface area contributed by atoms with Crippen molar-refractivity contribution in [1.82, 2.24) is 0 Å². The summed E-state index contributed by atoms with van der Waals surface area (Å²) in [5, 5.41) is 0.395. The molecular formula is C27H38ClF. The third kappa shape index (κ3) is 4.76. The summed E-state index contributed by atoms with van der Waals surface area (Å²) in [6.07, 6.45) is 17.3. The highest BCUT2D eigenvalue weighted by Gasteiger charge is 2.29. The maximum absolute atomic E-state index is 15.3. The summed E-state index contributed by atoms with van der Waals surface area (Å²) in [4.78, 5) is 0. The molecule has 0 aliphatic heterocycles. The highest BCUT2D eigenvalue weighted by atomic mass is 35.5. The van der Waals surface area contributed by atoms with E-state index in [4.69, 9.17) is 11.6 Å². The second-order valence-electron chi connectivity index (χ2n) is 10.2. The van der Waals surface area contributed by atoms with Crippen LogP contribution in [0.25, 0.3) is 5.57 Å². The molecule has 2 heteroatoms. The molecule has 3 aliphatic carbocycles. The molecule has 0 heterocycles. The molecule has 0 spiro atoms. The average molecular weight is 417 g/mol. The fourth-order valence-electron chi connectivity index (χ4n) is 6.29. The summed E-state index contributed by atoms with van der Waals surface area (Å²) in [6.45, 7) is 4.67. The van der Waals surface area contributed by atoms with Gasteiger partial charge in [-0.2, -0.15) is 0 Å². The van der Waals surface area contributed by atoms with Gasteiger partial charge in [0.15, 0.2) is 0 Å². The summed E-state index contributed by atoms with van der Waals surface area (Å²) in [5.74, 6) is 3.72. The van der Waals surface area contributed by atoms with Crippen molar-refractivity contribution in [3.8, 4) is 0 Å². The molecule has 160 valence electrons. The van der Waals surface area contributed by atoms with Crippen LogP contribution in [-0.4, -0.2) is 0 Å². The van der Waals surface area contributed by atoms with Gasteiger partial charge in [0.1, 0.15) is 5.82 Å². The lowest BCUT2D eigenvalue weighted by molar-refractivity contribution is 0.202. The van der Waals surface area contributed by atoms with Crippen LogP contribution in [0.15, 0.2) is 18.2 Å². The largest absolute Gasteiger partial charge is 0.205 e. The maximum Gasteiger partial charge on any atom is 0.149 e. The molecule has 2 fully saturated rings. The van der Waals surface area contributed by atoms with Crippen molar-refractivity contribution < 1.29 is 4.39 Å².